The first kappa shape index (κ1) is 14.4. The molecule has 21 heavy (non-hydrogen) atoms. The van der Waals surface area contributed by atoms with Gasteiger partial charge in [-0.25, -0.2) is 0 Å². The summed E-state index contributed by atoms with van der Waals surface area (Å²) in [6.45, 7) is 0.873. The SMILES string of the molecule is CN(C)c1cccc(-c2nnc(SCC3CCCO3)o2)c1. The summed E-state index contributed by atoms with van der Waals surface area (Å²) in [6.07, 6.45) is 2.60. The highest BCUT2D eigenvalue weighted by atomic mass is 32.2. The van der Waals surface area contributed by atoms with Crippen LogP contribution in [0.3, 0.4) is 0 Å². The van der Waals surface area contributed by atoms with E-state index >= 15 is 0 Å². The predicted molar refractivity (Wildman–Crippen MR) is 83.8 cm³/mol. The van der Waals surface area contributed by atoms with E-state index in [2.05, 4.69) is 10.2 Å². The number of aromatic nitrogens is 2. The van der Waals surface area contributed by atoms with E-state index in [0.29, 0.717) is 17.2 Å². The van der Waals surface area contributed by atoms with Crippen LogP contribution in [0, 0.1) is 0 Å². The van der Waals surface area contributed by atoms with Crippen LogP contribution < -0.4 is 4.90 Å². The molecule has 0 radical (unpaired) electrons. The molecule has 1 unspecified atom stereocenters. The van der Waals surface area contributed by atoms with Crippen LogP contribution in [0.1, 0.15) is 12.8 Å². The number of rotatable bonds is 5. The summed E-state index contributed by atoms with van der Waals surface area (Å²) in [7, 11) is 4.02. The number of nitrogens with zero attached hydrogens (tertiary/aromatic N) is 3. The van der Waals surface area contributed by atoms with E-state index in [1.165, 1.54) is 0 Å². The Kier molecular flexibility index (Phi) is 4.45. The van der Waals surface area contributed by atoms with Crippen LogP contribution in [0.2, 0.25) is 0 Å². The van der Waals surface area contributed by atoms with Crippen molar-refractivity contribution in [2.45, 2.75) is 24.2 Å². The first-order chi connectivity index (χ1) is 10.2. The van der Waals surface area contributed by atoms with Crippen molar-refractivity contribution < 1.29 is 9.15 Å². The summed E-state index contributed by atoms with van der Waals surface area (Å²) in [4.78, 5) is 2.05. The first-order valence-corrected chi connectivity index (χ1v) is 8.06. The highest BCUT2D eigenvalue weighted by Gasteiger charge is 2.17. The Balaban J connectivity index is 1.67. The van der Waals surface area contributed by atoms with Gasteiger partial charge in [-0.2, -0.15) is 0 Å². The van der Waals surface area contributed by atoms with E-state index < -0.39 is 0 Å². The third-order valence-electron chi connectivity index (χ3n) is 3.43. The fourth-order valence-electron chi connectivity index (χ4n) is 2.24. The first-order valence-electron chi connectivity index (χ1n) is 7.08. The van der Waals surface area contributed by atoms with Crippen molar-refractivity contribution in [1.82, 2.24) is 10.2 Å². The number of benzene rings is 1. The zero-order valence-corrected chi connectivity index (χ0v) is 13.1. The van der Waals surface area contributed by atoms with Crippen molar-refractivity contribution in [2.75, 3.05) is 31.4 Å². The molecule has 1 saturated heterocycles. The topological polar surface area (TPSA) is 51.4 Å². The summed E-state index contributed by atoms with van der Waals surface area (Å²) in [5, 5.41) is 8.85. The molecule has 0 saturated carbocycles. The molecule has 2 aromatic rings. The van der Waals surface area contributed by atoms with E-state index in [1.54, 1.807) is 11.8 Å². The van der Waals surface area contributed by atoms with Gasteiger partial charge in [0.05, 0.1) is 6.10 Å². The zero-order valence-electron chi connectivity index (χ0n) is 12.3. The van der Waals surface area contributed by atoms with E-state index in [-0.39, 0.29) is 0 Å². The van der Waals surface area contributed by atoms with Gasteiger partial charge in [0, 0.05) is 37.7 Å². The molecule has 2 heterocycles. The van der Waals surface area contributed by atoms with Crippen molar-refractivity contribution in [3.05, 3.63) is 24.3 Å². The van der Waals surface area contributed by atoms with Gasteiger partial charge in [-0.15, -0.1) is 10.2 Å². The molecule has 1 aliphatic rings. The Labute approximate surface area is 128 Å². The maximum Gasteiger partial charge on any atom is 0.276 e. The van der Waals surface area contributed by atoms with Gasteiger partial charge in [0.1, 0.15) is 0 Å². The van der Waals surface area contributed by atoms with Crippen molar-refractivity contribution in [3.8, 4) is 11.5 Å². The van der Waals surface area contributed by atoms with Gasteiger partial charge < -0.3 is 14.1 Å². The van der Waals surface area contributed by atoms with Gasteiger partial charge in [0.25, 0.3) is 5.22 Å². The standard InChI is InChI=1S/C15H19N3O2S/c1-18(2)12-6-3-5-11(9-12)14-16-17-15(20-14)21-10-13-7-4-8-19-13/h3,5-6,9,13H,4,7-8,10H2,1-2H3. The monoisotopic (exact) mass is 305 g/mol. The number of hydrogen-bond donors (Lipinski definition) is 0. The Morgan fingerprint density at radius 2 is 2.24 bits per heavy atom. The lowest BCUT2D eigenvalue weighted by Crippen LogP contribution is -2.08. The average Bonchev–Trinajstić information content (AvgIpc) is 3.17. The van der Waals surface area contributed by atoms with Crippen molar-refractivity contribution in [3.63, 3.8) is 0 Å². The van der Waals surface area contributed by atoms with Crippen LogP contribution in [-0.4, -0.2) is 42.8 Å². The van der Waals surface area contributed by atoms with Gasteiger partial charge >= 0.3 is 0 Å². The Hall–Kier alpha value is -1.53. The molecular formula is C15H19N3O2S. The van der Waals surface area contributed by atoms with Crippen molar-refractivity contribution in [2.24, 2.45) is 0 Å². The van der Waals surface area contributed by atoms with Crippen LogP contribution in [-0.2, 0) is 4.74 Å². The Morgan fingerprint density at radius 1 is 1.33 bits per heavy atom. The largest absolute Gasteiger partial charge is 0.411 e. The second-order valence-electron chi connectivity index (χ2n) is 5.26. The van der Waals surface area contributed by atoms with Crippen LogP contribution in [0.25, 0.3) is 11.5 Å². The zero-order chi connectivity index (χ0) is 14.7. The fraction of sp³-hybridized carbons (Fsp3) is 0.467. The third-order valence-corrected chi connectivity index (χ3v) is 4.38. The van der Waals surface area contributed by atoms with E-state index in [4.69, 9.17) is 9.15 Å². The van der Waals surface area contributed by atoms with Crippen LogP contribution in [0.15, 0.2) is 33.9 Å². The van der Waals surface area contributed by atoms with E-state index in [9.17, 15) is 0 Å². The summed E-state index contributed by atoms with van der Waals surface area (Å²) >= 11 is 1.57. The molecule has 112 valence electrons. The van der Waals surface area contributed by atoms with Gasteiger partial charge in [-0.1, -0.05) is 17.8 Å². The smallest absolute Gasteiger partial charge is 0.276 e. The van der Waals surface area contributed by atoms with Gasteiger partial charge in [0.15, 0.2) is 0 Å². The normalized spacial score (nSPS) is 18.1. The molecular weight excluding hydrogens is 286 g/mol. The molecule has 3 rings (SSSR count). The summed E-state index contributed by atoms with van der Waals surface area (Å²) in [6, 6.07) is 8.07. The molecule has 0 N–H and O–H groups in total. The van der Waals surface area contributed by atoms with Crippen LogP contribution in [0.5, 0.6) is 0 Å². The van der Waals surface area contributed by atoms with Gasteiger partial charge in [-0.3, -0.25) is 0 Å². The van der Waals surface area contributed by atoms with Crippen molar-refractivity contribution >= 4 is 17.4 Å². The molecule has 0 spiro atoms. The summed E-state index contributed by atoms with van der Waals surface area (Å²) in [5.41, 5.74) is 2.05. The van der Waals surface area contributed by atoms with E-state index in [1.807, 2.05) is 43.3 Å². The van der Waals surface area contributed by atoms with Crippen LogP contribution >= 0.6 is 11.8 Å². The minimum absolute atomic E-state index is 0.322. The maximum absolute atomic E-state index is 5.73. The quantitative estimate of drug-likeness (QED) is 0.791. The minimum atomic E-state index is 0.322. The van der Waals surface area contributed by atoms with Crippen molar-refractivity contribution in [1.29, 1.82) is 0 Å². The van der Waals surface area contributed by atoms with Gasteiger partial charge in [0.2, 0.25) is 5.89 Å². The molecule has 0 aliphatic carbocycles. The Bertz CT molecular complexity index is 594. The molecule has 5 nitrogen and oxygen atoms in total. The summed E-state index contributed by atoms with van der Waals surface area (Å²) in [5.74, 6) is 1.44. The predicted octanol–water partition coefficient (Wildman–Crippen LogP) is 3.07. The lowest BCUT2D eigenvalue weighted by atomic mass is 10.2. The lowest BCUT2D eigenvalue weighted by Gasteiger charge is -2.12. The average molecular weight is 305 g/mol. The molecule has 1 atom stereocenters. The summed E-state index contributed by atoms with van der Waals surface area (Å²) < 4.78 is 11.3. The fourth-order valence-corrected chi connectivity index (χ4v) is 3.07. The molecule has 1 fully saturated rings. The molecule has 1 aromatic carbocycles. The minimum Gasteiger partial charge on any atom is -0.411 e. The number of hydrogen-bond acceptors (Lipinski definition) is 6. The maximum atomic E-state index is 5.73. The lowest BCUT2D eigenvalue weighted by molar-refractivity contribution is 0.128. The number of ether oxygens (including phenoxy) is 1. The van der Waals surface area contributed by atoms with E-state index in [0.717, 1.165) is 36.5 Å². The molecule has 6 heteroatoms. The second kappa shape index (κ2) is 6.49. The highest BCUT2D eigenvalue weighted by Crippen LogP contribution is 2.27. The second-order valence-corrected chi connectivity index (χ2v) is 6.24. The number of anilines is 1. The number of thioether (sulfide) groups is 1. The van der Waals surface area contributed by atoms with Crippen LogP contribution in [0.4, 0.5) is 5.69 Å². The third kappa shape index (κ3) is 3.57. The molecule has 0 amide bonds. The highest BCUT2D eigenvalue weighted by molar-refractivity contribution is 7.99. The molecule has 1 aromatic heterocycles. The molecule has 1 aliphatic heterocycles. The van der Waals surface area contributed by atoms with Gasteiger partial charge in [-0.05, 0) is 31.0 Å². The molecule has 0 bridgehead atoms. The Morgan fingerprint density at radius 3 is 3.00 bits per heavy atom.